The van der Waals surface area contributed by atoms with Crippen molar-refractivity contribution in [1.29, 1.82) is 0 Å². The van der Waals surface area contributed by atoms with Gasteiger partial charge in [-0.15, -0.1) is 0 Å². The second-order valence-corrected chi connectivity index (χ2v) is 5.29. The Kier molecular flexibility index (Phi) is 4.00. The minimum absolute atomic E-state index is 0.306. The second kappa shape index (κ2) is 5.28. The molecule has 1 atom stereocenters. The number of piperidine rings is 1. The summed E-state index contributed by atoms with van der Waals surface area (Å²) in [6, 6.07) is 0.698. The molecule has 0 aromatic heterocycles. The van der Waals surface area contributed by atoms with E-state index in [2.05, 4.69) is 12.2 Å². The molecule has 2 rings (SSSR count). The summed E-state index contributed by atoms with van der Waals surface area (Å²) in [5, 5.41) is 3.54. The highest BCUT2D eigenvalue weighted by molar-refractivity contribution is 4.80. The fraction of sp³-hybridized carbons (Fsp3) is 1.00. The van der Waals surface area contributed by atoms with Gasteiger partial charge in [-0.1, -0.05) is 13.3 Å². The molecule has 0 unspecified atom stereocenters. The molecular weight excluding hydrogens is 190 g/mol. The normalized spacial score (nSPS) is 29.8. The van der Waals surface area contributed by atoms with Gasteiger partial charge in [0, 0.05) is 18.1 Å². The number of hydrogen-bond donors (Lipinski definition) is 1. The van der Waals surface area contributed by atoms with Crippen LogP contribution in [0.1, 0.15) is 32.6 Å². The van der Waals surface area contributed by atoms with Crippen LogP contribution in [0.2, 0.25) is 0 Å². The third-order valence-corrected chi connectivity index (χ3v) is 3.37. The van der Waals surface area contributed by atoms with E-state index in [9.17, 15) is 0 Å². The van der Waals surface area contributed by atoms with E-state index < -0.39 is 0 Å². The number of hydrogen-bond acceptors (Lipinski definition) is 3. The van der Waals surface area contributed by atoms with Crippen LogP contribution in [0.3, 0.4) is 0 Å². The van der Waals surface area contributed by atoms with Crippen LogP contribution in [0.25, 0.3) is 0 Å². The van der Waals surface area contributed by atoms with Gasteiger partial charge < -0.3 is 14.8 Å². The fourth-order valence-corrected chi connectivity index (χ4v) is 2.25. The van der Waals surface area contributed by atoms with Crippen LogP contribution in [0.4, 0.5) is 0 Å². The first-order valence-corrected chi connectivity index (χ1v) is 6.17. The van der Waals surface area contributed by atoms with Gasteiger partial charge in [0.25, 0.3) is 0 Å². The van der Waals surface area contributed by atoms with Crippen LogP contribution in [0.15, 0.2) is 0 Å². The van der Waals surface area contributed by atoms with Crippen molar-refractivity contribution >= 4 is 0 Å². The van der Waals surface area contributed by atoms with Gasteiger partial charge in [-0.05, 0) is 25.8 Å². The summed E-state index contributed by atoms with van der Waals surface area (Å²) in [4.78, 5) is 0. The summed E-state index contributed by atoms with van der Waals surface area (Å²) in [6.45, 7) is 6.92. The van der Waals surface area contributed by atoms with E-state index >= 15 is 0 Å². The highest BCUT2D eigenvalue weighted by atomic mass is 16.5. The molecular formula is C12H23NO2. The summed E-state index contributed by atoms with van der Waals surface area (Å²) >= 11 is 0. The van der Waals surface area contributed by atoms with Crippen molar-refractivity contribution in [2.45, 2.75) is 38.6 Å². The molecule has 0 spiro atoms. The van der Waals surface area contributed by atoms with Crippen LogP contribution in [-0.2, 0) is 9.47 Å². The molecule has 0 bridgehead atoms. The molecule has 3 heteroatoms. The summed E-state index contributed by atoms with van der Waals surface area (Å²) in [5.41, 5.74) is 0.306. The SMILES string of the molecule is CC1(COCC[C@@H]2CCCCN2)COC1. The summed E-state index contributed by atoms with van der Waals surface area (Å²) in [6.07, 6.45) is 5.21. The number of rotatable bonds is 5. The van der Waals surface area contributed by atoms with Crippen LogP contribution >= 0.6 is 0 Å². The second-order valence-electron chi connectivity index (χ2n) is 5.29. The van der Waals surface area contributed by atoms with Crippen molar-refractivity contribution in [3.63, 3.8) is 0 Å². The Labute approximate surface area is 92.5 Å². The highest BCUT2D eigenvalue weighted by Gasteiger charge is 2.33. The molecule has 2 fully saturated rings. The Balaban J connectivity index is 1.50. The summed E-state index contributed by atoms with van der Waals surface area (Å²) in [5.74, 6) is 0. The number of ether oxygens (including phenoxy) is 2. The average molecular weight is 213 g/mol. The Morgan fingerprint density at radius 2 is 2.27 bits per heavy atom. The molecule has 0 aromatic rings. The predicted molar refractivity (Wildman–Crippen MR) is 60.0 cm³/mol. The largest absolute Gasteiger partial charge is 0.381 e. The lowest BCUT2D eigenvalue weighted by Crippen LogP contribution is -2.44. The van der Waals surface area contributed by atoms with Crippen molar-refractivity contribution in [2.75, 3.05) is 33.0 Å². The monoisotopic (exact) mass is 213 g/mol. The maximum absolute atomic E-state index is 5.72. The molecule has 3 nitrogen and oxygen atoms in total. The van der Waals surface area contributed by atoms with Gasteiger partial charge in [-0.3, -0.25) is 0 Å². The van der Waals surface area contributed by atoms with Gasteiger partial charge in [-0.25, -0.2) is 0 Å². The molecule has 2 aliphatic rings. The molecule has 2 aliphatic heterocycles. The van der Waals surface area contributed by atoms with Crippen LogP contribution in [0.5, 0.6) is 0 Å². The van der Waals surface area contributed by atoms with Crippen molar-refractivity contribution < 1.29 is 9.47 Å². The van der Waals surface area contributed by atoms with Crippen LogP contribution < -0.4 is 5.32 Å². The Bertz CT molecular complexity index is 186. The van der Waals surface area contributed by atoms with E-state index in [-0.39, 0.29) is 0 Å². The lowest BCUT2D eigenvalue weighted by molar-refractivity contribution is -0.138. The van der Waals surface area contributed by atoms with Gasteiger partial charge in [0.2, 0.25) is 0 Å². The van der Waals surface area contributed by atoms with Gasteiger partial charge in [0.15, 0.2) is 0 Å². The van der Waals surface area contributed by atoms with E-state index in [1.54, 1.807) is 0 Å². The lowest BCUT2D eigenvalue weighted by atomic mass is 9.90. The van der Waals surface area contributed by atoms with Crippen LogP contribution in [-0.4, -0.2) is 39.0 Å². The highest BCUT2D eigenvalue weighted by Crippen LogP contribution is 2.26. The van der Waals surface area contributed by atoms with E-state index in [0.29, 0.717) is 11.5 Å². The van der Waals surface area contributed by atoms with Crippen molar-refractivity contribution in [1.82, 2.24) is 5.32 Å². The Morgan fingerprint density at radius 3 is 2.87 bits per heavy atom. The zero-order chi connectivity index (χ0) is 10.6. The van der Waals surface area contributed by atoms with Crippen molar-refractivity contribution in [3.05, 3.63) is 0 Å². The Hall–Kier alpha value is -0.120. The quantitative estimate of drug-likeness (QED) is 0.703. The van der Waals surface area contributed by atoms with Crippen molar-refractivity contribution in [3.8, 4) is 0 Å². The average Bonchev–Trinajstić information content (AvgIpc) is 2.23. The maximum Gasteiger partial charge on any atom is 0.0564 e. The fourth-order valence-electron chi connectivity index (χ4n) is 2.25. The molecule has 88 valence electrons. The predicted octanol–water partition coefficient (Wildman–Crippen LogP) is 1.57. The maximum atomic E-state index is 5.72. The molecule has 2 heterocycles. The smallest absolute Gasteiger partial charge is 0.0564 e. The molecule has 0 saturated carbocycles. The molecule has 0 amide bonds. The van der Waals surface area contributed by atoms with E-state index in [1.807, 2.05) is 0 Å². The van der Waals surface area contributed by atoms with Gasteiger partial charge >= 0.3 is 0 Å². The first kappa shape index (κ1) is 11.4. The summed E-state index contributed by atoms with van der Waals surface area (Å²) < 4.78 is 10.9. The van der Waals surface area contributed by atoms with Gasteiger partial charge in [0.1, 0.15) is 0 Å². The Morgan fingerprint density at radius 1 is 1.40 bits per heavy atom. The summed E-state index contributed by atoms with van der Waals surface area (Å²) in [7, 11) is 0. The minimum atomic E-state index is 0.306. The molecule has 15 heavy (non-hydrogen) atoms. The zero-order valence-corrected chi connectivity index (χ0v) is 9.76. The minimum Gasteiger partial charge on any atom is -0.381 e. The van der Waals surface area contributed by atoms with E-state index in [0.717, 1.165) is 32.8 Å². The standard InChI is InChI=1S/C12H23NO2/c1-12(9-15-10-12)8-14-7-5-11-4-2-3-6-13-11/h11,13H,2-10H2,1H3/t11-/m0/s1. The zero-order valence-electron chi connectivity index (χ0n) is 9.76. The molecule has 0 aliphatic carbocycles. The molecule has 0 aromatic carbocycles. The van der Waals surface area contributed by atoms with Crippen molar-refractivity contribution in [2.24, 2.45) is 5.41 Å². The van der Waals surface area contributed by atoms with Gasteiger partial charge in [0.05, 0.1) is 19.8 Å². The molecule has 1 N–H and O–H groups in total. The third kappa shape index (κ3) is 3.44. The first-order chi connectivity index (χ1) is 7.29. The van der Waals surface area contributed by atoms with Crippen LogP contribution in [0, 0.1) is 5.41 Å². The topological polar surface area (TPSA) is 30.5 Å². The first-order valence-electron chi connectivity index (χ1n) is 6.17. The molecule has 2 saturated heterocycles. The third-order valence-electron chi connectivity index (χ3n) is 3.37. The number of nitrogens with one attached hydrogen (secondary N) is 1. The van der Waals surface area contributed by atoms with Gasteiger partial charge in [-0.2, -0.15) is 0 Å². The van der Waals surface area contributed by atoms with E-state index in [1.165, 1.54) is 25.8 Å². The lowest BCUT2D eigenvalue weighted by Gasteiger charge is -2.37. The van der Waals surface area contributed by atoms with E-state index in [4.69, 9.17) is 9.47 Å². The molecule has 0 radical (unpaired) electrons.